The van der Waals surface area contributed by atoms with Crippen molar-refractivity contribution in [2.24, 2.45) is 16.0 Å². The van der Waals surface area contributed by atoms with Crippen LogP contribution in [0.15, 0.2) is 46.6 Å². The molecule has 0 saturated heterocycles. The molecule has 1 aromatic heterocycles. The van der Waals surface area contributed by atoms with Gasteiger partial charge in [-0.2, -0.15) is 0 Å². The Morgan fingerprint density at radius 2 is 1.80 bits per heavy atom. The normalized spacial score (nSPS) is 11.9. The fourth-order valence-corrected chi connectivity index (χ4v) is 2.00. The number of hydrogen-bond donors (Lipinski definition) is 3. The lowest BCUT2D eigenvalue weighted by molar-refractivity contribution is -0.117. The largest absolute Gasteiger partial charge is 0.511 e. The zero-order valence-corrected chi connectivity index (χ0v) is 16.9. The molecule has 0 aliphatic rings. The SMILES string of the molecule is CC(C)OC(=O)OCOc1ccccc1N=Nc1ccc(NC(=O)[C@H](C)N)nc1N. The highest BCUT2D eigenvalue weighted by Gasteiger charge is 2.11. The molecule has 0 bridgehead atoms. The lowest BCUT2D eigenvalue weighted by Crippen LogP contribution is -2.32. The second-order valence-electron chi connectivity index (χ2n) is 6.37. The van der Waals surface area contributed by atoms with Crippen molar-refractivity contribution in [2.75, 3.05) is 17.8 Å². The van der Waals surface area contributed by atoms with Gasteiger partial charge in [-0.25, -0.2) is 9.78 Å². The molecule has 11 nitrogen and oxygen atoms in total. The van der Waals surface area contributed by atoms with Gasteiger partial charge in [-0.15, -0.1) is 10.2 Å². The summed E-state index contributed by atoms with van der Waals surface area (Å²) in [4.78, 5) is 27.1. The number of carbonyl (C=O) groups excluding carboxylic acids is 2. The van der Waals surface area contributed by atoms with E-state index in [1.54, 1.807) is 51.1 Å². The first-order valence-corrected chi connectivity index (χ1v) is 9.06. The van der Waals surface area contributed by atoms with Crippen molar-refractivity contribution in [3.63, 3.8) is 0 Å². The van der Waals surface area contributed by atoms with Gasteiger partial charge in [0.2, 0.25) is 12.7 Å². The van der Waals surface area contributed by atoms with Gasteiger partial charge in [0.05, 0.1) is 12.1 Å². The smallest absolute Gasteiger partial charge is 0.455 e. The third-order valence-corrected chi connectivity index (χ3v) is 3.42. The van der Waals surface area contributed by atoms with Crippen LogP contribution < -0.4 is 21.5 Å². The van der Waals surface area contributed by atoms with Crippen LogP contribution in [-0.4, -0.2) is 36.0 Å². The van der Waals surface area contributed by atoms with E-state index in [4.69, 9.17) is 25.7 Å². The third kappa shape index (κ3) is 7.02. The third-order valence-electron chi connectivity index (χ3n) is 3.42. The molecule has 2 rings (SSSR count). The van der Waals surface area contributed by atoms with E-state index in [1.165, 1.54) is 6.07 Å². The molecule has 160 valence electrons. The maximum absolute atomic E-state index is 11.6. The number of pyridine rings is 1. The first-order chi connectivity index (χ1) is 14.3. The van der Waals surface area contributed by atoms with Crippen LogP contribution >= 0.6 is 0 Å². The van der Waals surface area contributed by atoms with E-state index in [0.29, 0.717) is 17.1 Å². The Kier molecular flexibility index (Phi) is 8.06. The second kappa shape index (κ2) is 10.7. The first kappa shape index (κ1) is 22.6. The van der Waals surface area contributed by atoms with E-state index in [2.05, 4.69) is 20.5 Å². The summed E-state index contributed by atoms with van der Waals surface area (Å²) in [7, 11) is 0. The maximum atomic E-state index is 11.6. The number of ether oxygens (including phenoxy) is 3. The van der Waals surface area contributed by atoms with Gasteiger partial charge >= 0.3 is 6.16 Å². The van der Waals surface area contributed by atoms with Gasteiger partial charge in [-0.05, 0) is 45.0 Å². The van der Waals surface area contributed by atoms with E-state index < -0.39 is 12.2 Å². The van der Waals surface area contributed by atoms with Crippen molar-refractivity contribution in [3.05, 3.63) is 36.4 Å². The van der Waals surface area contributed by atoms with Crippen molar-refractivity contribution in [1.29, 1.82) is 0 Å². The lowest BCUT2D eigenvalue weighted by Gasteiger charge is -2.10. The number of hydrogen-bond acceptors (Lipinski definition) is 10. The van der Waals surface area contributed by atoms with Crippen LogP contribution in [0.1, 0.15) is 20.8 Å². The number of nitrogens with one attached hydrogen (secondary N) is 1. The number of benzene rings is 1. The van der Waals surface area contributed by atoms with Crippen molar-refractivity contribution in [1.82, 2.24) is 4.98 Å². The predicted octanol–water partition coefficient (Wildman–Crippen LogP) is 3.26. The molecule has 0 aliphatic heterocycles. The van der Waals surface area contributed by atoms with Gasteiger partial charge in [-0.1, -0.05) is 12.1 Å². The molecule has 0 fully saturated rings. The molecule has 1 amide bonds. The number of azo groups is 1. The fraction of sp³-hybridized carbons (Fsp3) is 0.316. The van der Waals surface area contributed by atoms with Crippen LogP contribution in [0.5, 0.6) is 5.75 Å². The molecule has 11 heteroatoms. The van der Waals surface area contributed by atoms with Crippen molar-refractivity contribution < 1.29 is 23.8 Å². The Hall–Kier alpha value is -3.73. The minimum Gasteiger partial charge on any atom is -0.455 e. The van der Waals surface area contributed by atoms with E-state index in [-0.39, 0.29) is 30.4 Å². The Bertz CT molecular complexity index is 916. The number of nitrogens with two attached hydrogens (primary N) is 2. The minimum absolute atomic E-state index is 0.0689. The van der Waals surface area contributed by atoms with Crippen LogP contribution in [0.25, 0.3) is 0 Å². The standard InChI is InChI=1S/C19H24N6O5/c1-11(2)30-19(27)29-10-28-15-7-5-4-6-13(15)24-25-14-8-9-16(22-17(14)21)23-18(26)12(3)20/h4-9,11-12H,10,20H2,1-3H3,(H3,21,22,23,26)/t12-/m0/s1. The zero-order chi connectivity index (χ0) is 22.1. The molecule has 1 heterocycles. The number of amides is 1. The van der Waals surface area contributed by atoms with Crippen LogP contribution in [0, 0.1) is 0 Å². The van der Waals surface area contributed by atoms with Gasteiger partial charge in [0.25, 0.3) is 0 Å². The molecule has 1 atom stereocenters. The van der Waals surface area contributed by atoms with Gasteiger partial charge in [-0.3, -0.25) is 4.79 Å². The molecule has 0 aliphatic carbocycles. The Morgan fingerprint density at radius 1 is 1.10 bits per heavy atom. The number of carbonyl (C=O) groups is 2. The van der Waals surface area contributed by atoms with Gasteiger partial charge < -0.3 is 31.0 Å². The summed E-state index contributed by atoms with van der Waals surface area (Å²) in [5.74, 6) is 0.273. The van der Waals surface area contributed by atoms with Crippen LogP contribution in [0.3, 0.4) is 0 Å². The predicted molar refractivity (Wildman–Crippen MR) is 110 cm³/mol. The summed E-state index contributed by atoms with van der Waals surface area (Å²) in [5, 5.41) is 10.7. The summed E-state index contributed by atoms with van der Waals surface area (Å²) in [6.07, 6.45) is -1.13. The average Bonchev–Trinajstić information content (AvgIpc) is 2.67. The van der Waals surface area contributed by atoms with Gasteiger partial charge in [0, 0.05) is 0 Å². The molecule has 0 spiro atoms. The fourth-order valence-electron chi connectivity index (χ4n) is 2.00. The van der Waals surface area contributed by atoms with E-state index in [0.717, 1.165) is 0 Å². The summed E-state index contributed by atoms with van der Waals surface area (Å²) in [5.41, 5.74) is 12.1. The number of nitrogen functional groups attached to an aromatic ring is 1. The number of anilines is 2. The van der Waals surface area contributed by atoms with E-state index >= 15 is 0 Å². The molecule has 5 N–H and O–H groups in total. The molecule has 0 radical (unpaired) electrons. The van der Waals surface area contributed by atoms with Gasteiger partial charge in [0.15, 0.2) is 11.6 Å². The molecule has 0 unspecified atom stereocenters. The summed E-state index contributed by atoms with van der Waals surface area (Å²) in [6.45, 7) is 4.62. The Labute approximate surface area is 173 Å². The van der Waals surface area contributed by atoms with Crippen LogP contribution in [0.2, 0.25) is 0 Å². The minimum atomic E-state index is -0.834. The van der Waals surface area contributed by atoms with E-state index in [9.17, 15) is 9.59 Å². The van der Waals surface area contributed by atoms with Crippen LogP contribution in [0.4, 0.5) is 27.8 Å². The highest BCUT2D eigenvalue weighted by Crippen LogP contribution is 2.30. The zero-order valence-electron chi connectivity index (χ0n) is 16.9. The summed E-state index contributed by atoms with van der Waals surface area (Å²) >= 11 is 0. The van der Waals surface area contributed by atoms with Crippen LogP contribution in [-0.2, 0) is 14.3 Å². The molecule has 30 heavy (non-hydrogen) atoms. The van der Waals surface area contributed by atoms with Crippen molar-refractivity contribution >= 4 is 35.1 Å². The average molecular weight is 416 g/mol. The summed E-state index contributed by atoms with van der Waals surface area (Å²) < 4.78 is 15.1. The Balaban J connectivity index is 2.04. The quantitative estimate of drug-likeness (QED) is 0.335. The molecular weight excluding hydrogens is 392 g/mol. The van der Waals surface area contributed by atoms with Crippen molar-refractivity contribution in [2.45, 2.75) is 32.9 Å². The van der Waals surface area contributed by atoms with Gasteiger partial charge in [0.1, 0.15) is 17.2 Å². The Morgan fingerprint density at radius 3 is 2.47 bits per heavy atom. The maximum Gasteiger partial charge on any atom is 0.511 e. The lowest BCUT2D eigenvalue weighted by atomic mass is 10.3. The highest BCUT2D eigenvalue weighted by molar-refractivity contribution is 5.93. The number of aromatic nitrogens is 1. The highest BCUT2D eigenvalue weighted by atomic mass is 16.8. The molecule has 2 aromatic rings. The number of rotatable bonds is 8. The number of para-hydroxylation sites is 1. The summed E-state index contributed by atoms with van der Waals surface area (Å²) in [6, 6.07) is 9.17. The molecule has 1 aromatic carbocycles. The topological polar surface area (TPSA) is 164 Å². The second-order valence-corrected chi connectivity index (χ2v) is 6.37. The van der Waals surface area contributed by atoms with E-state index in [1.807, 2.05) is 0 Å². The monoisotopic (exact) mass is 416 g/mol. The molecule has 0 saturated carbocycles. The van der Waals surface area contributed by atoms with Crippen molar-refractivity contribution in [3.8, 4) is 5.75 Å². The first-order valence-electron chi connectivity index (χ1n) is 9.06. The molecular formula is C19H24N6O5. The number of nitrogens with zero attached hydrogens (tertiary/aromatic N) is 3.